The van der Waals surface area contributed by atoms with E-state index in [4.69, 9.17) is 9.47 Å². The van der Waals surface area contributed by atoms with Gasteiger partial charge in [0.25, 0.3) is 0 Å². The minimum Gasteiger partial charge on any atom is -0.492 e. The Morgan fingerprint density at radius 2 is 1.94 bits per heavy atom. The van der Waals surface area contributed by atoms with Crippen LogP contribution in [0.25, 0.3) is 0 Å². The lowest BCUT2D eigenvalue weighted by Crippen LogP contribution is -2.37. The number of aliphatic imine (C=N–C) groups is 1. The Labute approximate surface area is 209 Å². The molecule has 0 unspecified atom stereocenters. The maximum absolute atomic E-state index is 5.90. The topological polar surface area (TPSA) is 75.9 Å². The number of nitrogens with one attached hydrogen (secondary N) is 2. The Kier molecular flexibility index (Phi) is 14.0. The Balaban J connectivity index is 0.00000512. The van der Waals surface area contributed by atoms with Gasteiger partial charge in [0, 0.05) is 52.6 Å². The lowest BCUT2D eigenvalue weighted by molar-refractivity contribution is 0.150. The van der Waals surface area contributed by atoms with Gasteiger partial charge in [-0.05, 0) is 51.1 Å². The van der Waals surface area contributed by atoms with Crippen LogP contribution in [0, 0.1) is 13.8 Å². The molecule has 0 fully saturated rings. The van der Waals surface area contributed by atoms with Gasteiger partial charge in [0.1, 0.15) is 12.4 Å². The van der Waals surface area contributed by atoms with E-state index in [1.54, 1.807) is 14.2 Å². The van der Waals surface area contributed by atoms with Crippen LogP contribution in [-0.2, 0) is 17.8 Å². The number of guanidine groups is 1. The molecule has 0 bridgehead atoms. The molecule has 0 aliphatic rings. The highest BCUT2D eigenvalue weighted by Crippen LogP contribution is 2.13. The van der Waals surface area contributed by atoms with E-state index >= 15 is 0 Å². The summed E-state index contributed by atoms with van der Waals surface area (Å²) in [6.45, 7) is 9.66. The first-order valence-corrected chi connectivity index (χ1v) is 10.9. The van der Waals surface area contributed by atoms with Gasteiger partial charge in [-0.1, -0.05) is 12.1 Å². The molecule has 0 saturated heterocycles. The van der Waals surface area contributed by atoms with Crippen LogP contribution in [0.4, 0.5) is 0 Å². The van der Waals surface area contributed by atoms with Crippen molar-refractivity contribution in [1.29, 1.82) is 0 Å². The predicted molar refractivity (Wildman–Crippen MR) is 141 cm³/mol. The molecule has 2 aromatic rings. The molecule has 0 aliphatic heterocycles. The third kappa shape index (κ3) is 10.6. The van der Waals surface area contributed by atoms with Crippen molar-refractivity contribution in [3.63, 3.8) is 0 Å². The molecule has 32 heavy (non-hydrogen) atoms. The number of ether oxygens (including phenoxy) is 2. The quantitative estimate of drug-likeness (QED) is 0.171. The number of benzene rings is 1. The van der Waals surface area contributed by atoms with Crippen molar-refractivity contribution in [2.45, 2.75) is 33.4 Å². The number of methoxy groups -OCH3 is 1. The fourth-order valence-corrected chi connectivity index (χ4v) is 3.17. The fraction of sp³-hybridized carbons (Fsp3) is 0.565. The molecule has 0 radical (unpaired) electrons. The molecule has 180 valence electrons. The van der Waals surface area contributed by atoms with E-state index in [1.165, 1.54) is 5.69 Å². The van der Waals surface area contributed by atoms with Crippen molar-refractivity contribution in [3.05, 3.63) is 47.3 Å². The van der Waals surface area contributed by atoms with E-state index in [-0.39, 0.29) is 24.0 Å². The molecule has 0 aliphatic carbocycles. The van der Waals surface area contributed by atoms with Crippen LogP contribution in [0.2, 0.25) is 0 Å². The first-order valence-electron chi connectivity index (χ1n) is 10.9. The molecular weight excluding hydrogens is 519 g/mol. The fourth-order valence-electron chi connectivity index (χ4n) is 3.17. The smallest absolute Gasteiger partial charge is 0.191 e. The van der Waals surface area contributed by atoms with Crippen molar-refractivity contribution < 1.29 is 9.47 Å². The highest BCUT2D eigenvalue weighted by molar-refractivity contribution is 14.0. The van der Waals surface area contributed by atoms with Crippen LogP contribution in [0.5, 0.6) is 5.75 Å². The third-order valence-electron chi connectivity index (χ3n) is 4.94. The average Bonchev–Trinajstić information content (AvgIpc) is 3.08. The normalized spacial score (nSPS) is 11.4. The summed E-state index contributed by atoms with van der Waals surface area (Å²) in [6, 6.07) is 10.3. The van der Waals surface area contributed by atoms with E-state index in [2.05, 4.69) is 57.8 Å². The van der Waals surface area contributed by atoms with Crippen molar-refractivity contribution in [2.75, 3.05) is 54.1 Å². The average molecular weight is 559 g/mol. The summed E-state index contributed by atoms with van der Waals surface area (Å²) < 4.78 is 13.0. The summed E-state index contributed by atoms with van der Waals surface area (Å²) >= 11 is 0. The summed E-state index contributed by atoms with van der Waals surface area (Å²) in [4.78, 5) is 6.50. The van der Waals surface area contributed by atoms with Crippen LogP contribution >= 0.6 is 24.0 Å². The molecular formula is C23H39IN6O2. The van der Waals surface area contributed by atoms with Gasteiger partial charge in [0.05, 0.1) is 12.3 Å². The van der Waals surface area contributed by atoms with Crippen LogP contribution < -0.4 is 15.4 Å². The molecule has 0 atom stereocenters. The second-order valence-electron chi connectivity index (χ2n) is 7.65. The Morgan fingerprint density at radius 1 is 1.16 bits per heavy atom. The van der Waals surface area contributed by atoms with Gasteiger partial charge in [0.2, 0.25) is 0 Å². The first-order chi connectivity index (χ1) is 15.0. The first kappa shape index (κ1) is 28.2. The summed E-state index contributed by atoms with van der Waals surface area (Å²) in [6.07, 6.45) is 0.977. The SMILES string of the molecule is CN=C(NCCCn1nc(C)cc1C)NCc1cccc(OCCN(C)CCOC)c1.I. The standard InChI is InChI=1S/C23H38N6O2.HI/c1-19-16-20(2)29(27-19)11-7-10-25-23(24-3)26-18-21-8-6-9-22(17-21)31-15-13-28(4)12-14-30-5;/h6,8-9,16-17H,7,10-15,18H2,1-5H3,(H2,24,25,26);1H. The number of rotatable bonds is 13. The maximum Gasteiger partial charge on any atom is 0.191 e. The molecule has 1 heterocycles. The number of halogens is 1. The van der Waals surface area contributed by atoms with Gasteiger partial charge in [-0.3, -0.25) is 9.67 Å². The molecule has 2 N–H and O–H groups in total. The minimum absolute atomic E-state index is 0. The van der Waals surface area contributed by atoms with Crippen LogP contribution in [0.1, 0.15) is 23.4 Å². The van der Waals surface area contributed by atoms with E-state index in [0.29, 0.717) is 13.2 Å². The molecule has 0 spiro atoms. The largest absolute Gasteiger partial charge is 0.492 e. The number of likely N-dealkylation sites (N-methyl/N-ethyl adjacent to an activating group) is 1. The van der Waals surface area contributed by atoms with Gasteiger partial charge in [-0.15, -0.1) is 24.0 Å². The minimum atomic E-state index is 0. The third-order valence-corrected chi connectivity index (χ3v) is 4.94. The van der Waals surface area contributed by atoms with E-state index in [1.807, 2.05) is 23.7 Å². The second-order valence-corrected chi connectivity index (χ2v) is 7.65. The zero-order chi connectivity index (χ0) is 22.5. The number of hydrogen-bond acceptors (Lipinski definition) is 5. The van der Waals surface area contributed by atoms with Crippen LogP contribution in [-0.4, -0.2) is 74.7 Å². The number of hydrogen-bond donors (Lipinski definition) is 2. The van der Waals surface area contributed by atoms with E-state index in [9.17, 15) is 0 Å². The lowest BCUT2D eigenvalue weighted by atomic mass is 10.2. The molecule has 2 rings (SSSR count). The monoisotopic (exact) mass is 558 g/mol. The Hall–Kier alpha value is -1.85. The molecule has 9 heteroatoms. The van der Waals surface area contributed by atoms with Crippen molar-refractivity contribution in [2.24, 2.45) is 4.99 Å². The summed E-state index contributed by atoms with van der Waals surface area (Å²) in [5, 5.41) is 11.2. The predicted octanol–water partition coefficient (Wildman–Crippen LogP) is 2.83. The van der Waals surface area contributed by atoms with Crippen molar-refractivity contribution >= 4 is 29.9 Å². The van der Waals surface area contributed by atoms with Crippen molar-refractivity contribution in [3.8, 4) is 5.75 Å². The lowest BCUT2D eigenvalue weighted by Gasteiger charge is -2.16. The van der Waals surface area contributed by atoms with Gasteiger partial charge >= 0.3 is 0 Å². The Bertz CT molecular complexity index is 812. The van der Waals surface area contributed by atoms with Crippen LogP contribution in [0.15, 0.2) is 35.3 Å². The Morgan fingerprint density at radius 3 is 2.62 bits per heavy atom. The van der Waals surface area contributed by atoms with E-state index < -0.39 is 0 Å². The zero-order valence-electron chi connectivity index (χ0n) is 20.1. The van der Waals surface area contributed by atoms with E-state index in [0.717, 1.165) is 62.2 Å². The molecule has 8 nitrogen and oxygen atoms in total. The second kappa shape index (κ2) is 15.9. The number of aryl methyl sites for hydroxylation is 3. The number of aromatic nitrogens is 2. The summed E-state index contributed by atoms with van der Waals surface area (Å²) in [7, 11) is 5.57. The highest BCUT2D eigenvalue weighted by atomic mass is 127. The van der Waals surface area contributed by atoms with Crippen molar-refractivity contribution in [1.82, 2.24) is 25.3 Å². The van der Waals surface area contributed by atoms with Gasteiger partial charge in [-0.25, -0.2) is 0 Å². The molecule has 1 aromatic heterocycles. The number of nitrogens with zero attached hydrogens (tertiary/aromatic N) is 4. The molecule has 0 saturated carbocycles. The maximum atomic E-state index is 5.90. The summed E-state index contributed by atoms with van der Waals surface area (Å²) in [5.41, 5.74) is 3.41. The van der Waals surface area contributed by atoms with Gasteiger partial charge in [-0.2, -0.15) is 5.10 Å². The van der Waals surface area contributed by atoms with Crippen LogP contribution in [0.3, 0.4) is 0 Å². The highest BCUT2D eigenvalue weighted by Gasteiger charge is 2.03. The molecule has 0 amide bonds. The van der Waals surface area contributed by atoms with Gasteiger partial charge in [0.15, 0.2) is 5.96 Å². The molecule has 1 aromatic carbocycles. The van der Waals surface area contributed by atoms with Gasteiger partial charge < -0.3 is 25.0 Å². The zero-order valence-corrected chi connectivity index (χ0v) is 22.4. The summed E-state index contributed by atoms with van der Waals surface area (Å²) in [5.74, 6) is 1.67.